The number of hydrogen-bond acceptors (Lipinski definition) is 5. The van der Waals surface area contributed by atoms with Crippen LogP contribution >= 0.6 is 0 Å². The van der Waals surface area contributed by atoms with Crippen LogP contribution in [0.25, 0.3) is 16.8 Å². The Hall–Kier alpha value is -2.50. The molecule has 17 heavy (non-hydrogen) atoms. The van der Waals surface area contributed by atoms with E-state index in [0.717, 1.165) is 16.7 Å². The predicted octanol–water partition coefficient (Wildman–Crippen LogP) is 1.08. The van der Waals surface area contributed by atoms with Crippen LogP contribution in [0.3, 0.4) is 0 Å². The van der Waals surface area contributed by atoms with Crippen LogP contribution < -0.4 is 5.73 Å². The van der Waals surface area contributed by atoms with Crippen LogP contribution in [0.2, 0.25) is 0 Å². The summed E-state index contributed by atoms with van der Waals surface area (Å²) >= 11 is 0. The van der Waals surface area contributed by atoms with Gasteiger partial charge in [-0.1, -0.05) is 0 Å². The molecule has 0 bridgehead atoms. The lowest BCUT2D eigenvalue weighted by Gasteiger charge is -2.06. The van der Waals surface area contributed by atoms with Gasteiger partial charge in [0.25, 0.3) is 0 Å². The molecule has 3 heterocycles. The lowest BCUT2D eigenvalue weighted by Crippen LogP contribution is -2.01. The minimum atomic E-state index is 0.371. The van der Waals surface area contributed by atoms with Crippen molar-refractivity contribution in [1.29, 1.82) is 0 Å². The smallest absolute Gasteiger partial charge is 0.207 e. The molecule has 0 aliphatic heterocycles. The molecule has 0 aliphatic carbocycles. The average molecular weight is 226 g/mol. The van der Waals surface area contributed by atoms with Crippen molar-refractivity contribution < 1.29 is 0 Å². The second kappa shape index (κ2) is 3.51. The molecule has 3 aromatic rings. The Bertz CT molecular complexity index is 687. The van der Waals surface area contributed by atoms with Crippen molar-refractivity contribution in [1.82, 2.24) is 24.6 Å². The summed E-state index contributed by atoms with van der Waals surface area (Å²) in [6, 6.07) is 1.94. The molecule has 0 radical (unpaired) electrons. The molecule has 6 heteroatoms. The third kappa shape index (κ3) is 1.42. The maximum Gasteiger partial charge on any atom is 0.207 e. The lowest BCUT2D eigenvalue weighted by atomic mass is 10.1. The van der Waals surface area contributed by atoms with Crippen molar-refractivity contribution in [2.24, 2.45) is 0 Å². The van der Waals surface area contributed by atoms with Crippen molar-refractivity contribution in [2.75, 3.05) is 5.73 Å². The molecule has 0 fully saturated rings. The minimum Gasteiger partial charge on any atom is -0.369 e. The second-order valence-electron chi connectivity index (χ2n) is 3.75. The van der Waals surface area contributed by atoms with Crippen LogP contribution in [0, 0.1) is 6.92 Å². The maximum atomic E-state index is 5.74. The normalized spacial score (nSPS) is 10.9. The summed E-state index contributed by atoms with van der Waals surface area (Å²) in [6.07, 6.45) is 6.79. The van der Waals surface area contributed by atoms with Crippen molar-refractivity contribution in [3.8, 4) is 11.1 Å². The molecule has 84 valence electrons. The fourth-order valence-corrected chi connectivity index (χ4v) is 1.77. The van der Waals surface area contributed by atoms with Gasteiger partial charge in [0.05, 0.1) is 0 Å². The summed E-state index contributed by atoms with van der Waals surface area (Å²) < 4.78 is 1.65. The molecule has 3 aromatic heterocycles. The van der Waals surface area contributed by atoms with E-state index in [0.29, 0.717) is 11.6 Å². The highest BCUT2D eigenvalue weighted by molar-refractivity contribution is 5.78. The van der Waals surface area contributed by atoms with Gasteiger partial charge in [-0.2, -0.15) is 0 Å². The van der Waals surface area contributed by atoms with Gasteiger partial charge in [-0.05, 0) is 18.6 Å². The molecule has 6 nitrogen and oxygen atoms in total. The molecule has 0 saturated carbocycles. The van der Waals surface area contributed by atoms with Crippen LogP contribution in [0.4, 0.5) is 5.95 Å². The van der Waals surface area contributed by atoms with E-state index in [1.807, 2.05) is 13.0 Å². The van der Waals surface area contributed by atoms with Gasteiger partial charge < -0.3 is 5.73 Å². The summed E-state index contributed by atoms with van der Waals surface area (Å²) in [6.45, 7) is 2.01. The first-order valence-corrected chi connectivity index (χ1v) is 5.12. The number of aryl methyl sites for hydroxylation is 1. The van der Waals surface area contributed by atoms with Crippen molar-refractivity contribution >= 4 is 11.6 Å². The molecular formula is C11H10N6. The Morgan fingerprint density at radius 1 is 1.24 bits per heavy atom. The van der Waals surface area contributed by atoms with E-state index in [1.54, 1.807) is 29.3 Å². The molecule has 2 N–H and O–H groups in total. The number of fused-ring (bicyclic) bond motifs is 1. The zero-order valence-corrected chi connectivity index (χ0v) is 9.20. The Balaban J connectivity index is 2.35. The summed E-state index contributed by atoms with van der Waals surface area (Å²) in [5.74, 6) is 0.371. The van der Waals surface area contributed by atoms with E-state index in [1.165, 1.54) is 0 Å². The summed E-state index contributed by atoms with van der Waals surface area (Å²) in [5, 5.41) is 7.91. The van der Waals surface area contributed by atoms with Crippen LogP contribution in [0.1, 0.15) is 5.56 Å². The number of nitrogens with two attached hydrogens (primary N) is 1. The van der Waals surface area contributed by atoms with Crippen LogP contribution in [0.15, 0.2) is 31.0 Å². The number of pyridine rings is 1. The zero-order valence-electron chi connectivity index (χ0n) is 9.20. The molecule has 3 rings (SSSR count). The highest BCUT2D eigenvalue weighted by Crippen LogP contribution is 2.25. The second-order valence-corrected chi connectivity index (χ2v) is 3.75. The van der Waals surface area contributed by atoms with Crippen LogP contribution in [0.5, 0.6) is 0 Å². The average Bonchev–Trinajstić information content (AvgIpc) is 2.81. The van der Waals surface area contributed by atoms with Crippen LogP contribution in [-0.4, -0.2) is 24.6 Å². The van der Waals surface area contributed by atoms with Gasteiger partial charge in [0.1, 0.15) is 6.33 Å². The van der Waals surface area contributed by atoms with E-state index >= 15 is 0 Å². The molecule has 0 spiro atoms. The van der Waals surface area contributed by atoms with Gasteiger partial charge in [-0.3, -0.25) is 9.38 Å². The third-order valence-electron chi connectivity index (χ3n) is 2.69. The van der Waals surface area contributed by atoms with Crippen molar-refractivity contribution in [3.05, 3.63) is 36.5 Å². The van der Waals surface area contributed by atoms with Gasteiger partial charge in [-0.25, -0.2) is 4.98 Å². The predicted molar refractivity (Wildman–Crippen MR) is 63.2 cm³/mol. The number of anilines is 1. The Morgan fingerprint density at radius 3 is 2.94 bits per heavy atom. The highest BCUT2D eigenvalue weighted by atomic mass is 15.3. The quantitative estimate of drug-likeness (QED) is 0.671. The van der Waals surface area contributed by atoms with E-state index in [9.17, 15) is 0 Å². The Morgan fingerprint density at radius 2 is 2.12 bits per heavy atom. The van der Waals surface area contributed by atoms with Crippen molar-refractivity contribution in [2.45, 2.75) is 6.92 Å². The maximum absolute atomic E-state index is 5.74. The molecule has 0 saturated heterocycles. The molecule has 0 aliphatic rings. The van der Waals surface area contributed by atoms with Gasteiger partial charge in [-0.15, -0.1) is 10.2 Å². The van der Waals surface area contributed by atoms with Gasteiger partial charge in [0.15, 0.2) is 5.65 Å². The van der Waals surface area contributed by atoms with Crippen molar-refractivity contribution in [3.63, 3.8) is 0 Å². The summed E-state index contributed by atoms with van der Waals surface area (Å²) in [4.78, 5) is 8.25. The first-order chi connectivity index (χ1) is 8.27. The number of nitrogens with zero attached hydrogens (tertiary/aromatic N) is 5. The molecule has 0 unspecified atom stereocenters. The Kier molecular flexibility index (Phi) is 2.01. The highest BCUT2D eigenvalue weighted by Gasteiger charge is 2.11. The number of aromatic nitrogens is 5. The zero-order chi connectivity index (χ0) is 11.8. The van der Waals surface area contributed by atoms with Crippen LogP contribution in [-0.2, 0) is 0 Å². The largest absolute Gasteiger partial charge is 0.369 e. The molecule has 0 amide bonds. The number of rotatable bonds is 1. The van der Waals surface area contributed by atoms with E-state index in [2.05, 4.69) is 20.2 Å². The molecule has 0 atom stereocenters. The van der Waals surface area contributed by atoms with Gasteiger partial charge in [0, 0.05) is 29.7 Å². The summed E-state index contributed by atoms with van der Waals surface area (Å²) in [5.41, 5.74) is 9.40. The van der Waals surface area contributed by atoms with E-state index in [4.69, 9.17) is 5.73 Å². The third-order valence-corrected chi connectivity index (χ3v) is 2.69. The molecular weight excluding hydrogens is 216 g/mol. The van der Waals surface area contributed by atoms with E-state index in [-0.39, 0.29) is 0 Å². The summed E-state index contributed by atoms with van der Waals surface area (Å²) in [7, 11) is 0. The molecule has 0 aromatic carbocycles. The monoisotopic (exact) mass is 226 g/mol. The minimum absolute atomic E-state index is 0.371. The standard InChI is InChI=1S/C11H10N6/c1-7-2-3-13-4-8(7)9-5-14-11(12)17-6-15-16-10(9)17/h2-6H,1H3,(H2,12,14). The first kappa shape index (κ1) is 9.71. The topological polar surface area (TPSA) is 82.0 Å². The van der Waals surface area contributed by atoms with Gasteiger partial charge in [0.2, 0.25) is 5.95 Å². The first-order valence-electron chi connectivity index (χ1n) is 5.12. The Labute approximate surface area is 97.2 Å². The fourth-order valence-electron chi connectivity index (χ4n) is 1.77. The SMILES string of the molecule is Cc1ccncc1-c1cnc(N)n2cnnc12. The number of hydrogen-bond donors (Lipinski definition) is 1. The fraction of sp³-hybridized carbons (Fsp3) is 0.0909. The van der Waals surface area contributed by atoms with Gasteiger partial charge >= 0.3 is 0 Å². The van der Waals surface area contributed by atoms with E-state index < -0.39 is 0 Å². The number of nitrogen functional groups attached to an aromatic ring is 1. The lowest BCUT2D eigenvalue weighted by molar-refractivity contribution is 1.08.